The molecule has 19 heavy (non-hydrogen) atoms. The highest BCUT2D eigenvalue weighted by Gasteiger charge is 2.37. The van der Waals surface area contributed by atoms with Crippen molar-refractivity contribution in [1.29, 1.82) is 0 Å². The van der Waals surface area contributed by atoms with Crippen molar-refractivity contribution in [1.82, 2.24) is 4.90 Å². The smallest absolute Gasteiger partial charge is 0.268 e. The highest BCUT2D eigenvalue weighted by molar-refractivity contribution is 8.18. The van der Waals surface area contributed by atoms with Gasteiger partial charge < -0.3 is 0 Å². The zero-order chi connectivity index (χ0) is 14.0. The molecule has 1 fully saturated rings. The maximum Gasteiger partial charge on any atom is 0.293 e. The molecule has 0 unspecified atom stereocenters. The summed E-state index contributed by atoms with van der Waals surface area (Å²) in [4.78, 5) is 25.4. The number of halogens is 1. The molecule has 1 heterocycles. The van der Waals surface area contributed by atoms with Gasteiger partial charge in [-0.05, 0) is 37.2 Å². The average Bonchev–Trinajstić information content (AvgIpc) is 2.66. The number of thioether (sulfide) groups is 1. The Bertz CT molecular complexity index is 556. The quantitative estimate of drug-likeness (QED) is 0.792. The Morgan fingerprint density at radius 1 is 1.37 bits per heavy atom. The first-order chi connectivity index (χ1) is 9.04. The van der Waals surface area contributed by atoms with Crippen LogP contribution in [0, 0.1) is 5.82 Å². The number of rotatable bonds is 3. The van der Waals surface area contributed by atoms with E-state index in [0.29, 0.717) is 12.0 Å². The third-order valence-electron chi connectivity index (χ3n) is 3.05. The first kappa shape index (κ1) is 13.8. The van der Waals surface area contributed by atoms with Gasteiger partial charge in [-0.3, -0.25) is 14.5 Å². The molecule has 2 amide bonds. The van der Waals surface area contributed by atoms with Gasteiger partial charge in [0.05, 0.1) is 4.91 Å². The van der Waals surface area contributed by atoms with Crippen LogP contribution >= 0.6 is 11.8 Å². The SMILES string of the molecule is CC[C@H](C)N1C(=O)S/C(=C/c2ccccc2F)C1=O. The molecule has 1 aromatic rings. The van der Waals surface area contributed by atoms with Crippen LogP contribution in [0.15, 0.2) is 29.2 Å². The van der Waals surface area contributed by atoms with Gasteiger partial charge in [0.15, 0.2) is 0 Å². The molecule has 0 saturated carbocycles. The summed E-state index contributed by atoms with van der Waals surface area (Å²) in [6, 6.07) is 6.03. The Labute approximate surface area is 115 Å². The maximum absolute atomic E-state index is 13.5. The molecule has 1 aliphatic rings. The van der Waals surface area contributed by atoms with Crippen molar-refractivity contribution in [2.75, 3.05) is 0 Å². The van der Waals surface area contributed by atoms with Crippen molar-refractivity contribution in [3.8, 4) is 0 Å². The molecular formula is C14H14FNO2S. The van der Waals surface area contributed by atoms with Crippen LogP contribution in [0.1, 0.15) is 25.8 Å². The van der Waals surface area contributed by atoms with E-state index in [-0.39, 0.29) is 22.1 Å². The number of hydrogen-bond donors (Lipinski definition) is 0. The number of hydrogen-bond acceptors (Lipinski definition) is 3. The average molecular weight is 279 g/mol. The third kappa shape index (κ3) is 2.71. The van der Waals surface area contributed by atoms with Gasteiger partial charge in [-0.2, -0.15) is 0 Å². The lowest BCUT2D eigenvalue weighted by Crippen LogP contribution is -2.36. The molecule has 0 spiro atoms. The fourth-order valence-electron chi connectivity index (χ4n) is 1.78. The molecule has 0 N–H and O–H groups in total. The number of imide groups is 1. The zero-order valence-electron chi connectivity index (χ0n) is 10.7. The standard InChI is InChI=1S/C14H14FNO2S/c1-3-9(2)16-13(17)12(19-14(16)18)8-10-6-4-5-7-11(10)15/h4-9H,3H2,1-2H3/b12-8+/t9-/m0/s1. The lowest BCUT2D eigenvalue weighted by atomic mass is 10.2. The summed E-state index contributed by atoms with van der Waals surface area (Å²) in [5, 5.41) is -0.290. The molecule has 1 atom stereocenters. The van der Waals surface area contributed by atoms with Gasteiger partial charge in [-0.25, -0.2) is 4.39 Å². The number of amides is 2. The van der Waals surface area contributed by atoms with Gasteiger partial charge >= 0.3 is 0 Å². The second-order valence-corrected chi connectivity index (χ2v) is 5.32. The van der Waals surface area contributed by atoms with E-state index >= 15 is 0 Å². The van der Waals surface area contributed by atoms with E-state index in [1.54, 1.807) is 18.2 Å². The Kier molecular flexibility index (Phi) is 4.04. The monoisotopic (exact) mass is 279 g/mol. The maximum atomic E-state index is 13.5. The Balaban J connectivity index is 2.31. The number of nitrogens with zero attached hydrogens (tertiary/aromatic N) is 1. The summed E-state index contributed by atoms with van der Waals surface area (Å²) in [6.45, 7) is 3.73. The number of benzene rings is 1. The van der Waals surface area contributed by atoms with Crippen LogP contribution in [0.4, 0.5) is 9.18 Å². The Hall–Kier alpha value is -1.62. The summed E-state index contributed by atoms with van der Waals surface area (Å²) >= 11 is 0.861. The lowest BCUT2D eigenvalue weighted by Gasteiger charge is -2.19. The van der Waals surface area contributed by atoms with E-state index in [1.165, 1.54) is 17.0 Å². The number of carbonyl (C=O) groups is 2. The van der Waals surface area contributed by atoms with Crippen LogP contribution in [0.5, 0.6) is 0 Å². The molecule has 0 aliphatic carbocycles. The molecule has 0 aromatic heterocycles. The fourth-order valence-corrected chi connectivity index (χ4v) is 2.70. The summed E-state index contributed by atoms with van der Waals surface area (Å²) < 4.78 is 13.5. The predicted molar refractivity (Wildman–Crippen MR) is 74.0 cm³/mol. The van der Waals surface area contributed by atoms with Crippen molar-refractivity contribution in [3.63, 3.8) is 0 Å². The van der Waals surface area contributed by atoms with Gasteiger partial charge in [0.25, 0.3) is 11.1 Å². The van der Waals surface area contributed by atoms with E-state index in [9.17, 15) is 14.0 Å². The summed E-state index contributed by atoms with van der Waals surface area (Å²) in [5.74, 6) is -0.745. The van der Waals surface area contributed by atoms with Gasteiger partial charge in [-0.1, -0.05) is 25.1 Å². The van der Waals surface area contributed by atoms with Crippen molar-refractivity contribution in [2.24, 2.45) is 0 Å². The first-order valence-electron chi connectivity index (χ1n) is 6.06. The van der Waals surface area contributed by atoms with Crippen LogP contribution in [-0.4, -0.2) is 22.1 Å². The second-order valence-electron chi connectivity index (χ2n) is 4.33. The second kappa shape index (κ2) is 5.57. The summed E-state index contributed by atoms with van der Waals surface area (Å²) in [7, 11) is 0. The molecule has 0 radical (unpaired) electrons. The van der Waals surface area contributed by atoms with Crippen molar-refractivity contribution in [2.45, 2.75) is 26.3 Å². The van der Waals surface area contributed by atoms with Crippen LogP contribution in [0.25, 0.3) is 6.08 Å². The van der Waals surface area contributed by atoms with E-state index in [0.717, 1.165) is 11.8 Å². The van der Waals surface area contributed by atoms with Crippen LogP contribution in [0.3, 0.4) is 0 Å². The van der Waals surface area contributed by atoms with Gasteiger partial charge in [-0.15, -0.1) is 0 Å². The minimum absolute atomic E-state index is 0.140. The fraction of sp³-hybridized carbons (Fsp3) is 0.286. The van der Waals surface area contributed by atoms with Crippen molar-refractivity contribution >= 4 is 29.0 Å². The highest BCUT2D eigenvalue weighted by Crippen LogP contribution is 2.34. The molecule has 3 nitrogen and oxygen atoms in total. The highest BCUT2D eigenvalue weighted by atomic mass is 32.2. The van der Waals surface area contributed by atoms with E-state index in [4.69, 9.17) is 0 Å². The summed E-state index contributed by atoms with van der Waals surface area (Å²) in [6.07, 6.45) is 2.13. The topological polar surface area (TPSA) is 37.4 Å². The molecule has 1 aliphatic heterocycles. The van der Waals surface area contributed by atoms with Crippen LogP contribution in [-0.2, 0) is 4.79 Å². The largest absolute Gasteiger partial charge is 0.293 e. The zero-order valence-corrected chi connectivity index (χ0v) is 11.5. The first-order valence-corrected chi connectivity index (χ1v) is 6.87. The molecule has 100 valence electrons. The van der Waals surface area contributed by atoms with Gasteiger partial charge in [0.2, 0.25) is 0 Å². The van der Waals surface area contributed by atoms with Crippen LogP contribution in [0.2, 0.25) is 0 Å². The third-order valence-corrected chi connectivity index (χ3v) is 3.93. The van der Waals surface area contributed by atoms with E-state index in [2.05, 4.69) is 0 Å². The molecule has 2 rings (SSSR count). The molecular weight excluding hydrogens is 265 g/mol. The Morgan fingerprint density at radius 3 is 2.68 bits per heavy atom. The minimum atomic E-state index is -0.405. The predicted octanol–water partition coefficient (Wildman–Crippen LogP) is 3.66. The van der Waals surface area contributed by atoms with Crippen molar-refractivity contribution in [3.05, 3.63) is 40.6 Å². The normalized spacial score (nSPS) is 19.3. The summed E-state index contributed by atoms with van der Waals surface area (Å²) in [5.41, 5.74) is 0.317. The Morgan fingerprint density at radius 2 is 2.05 bits per heavy atom. The molecule has 0 bridgehead atoms. The molecule has 1 aromatic carbocycles. The molecule has 1 saturated heterocycles. The van der Waals surface area contributed by atoms with Crippen LogP contribution < -0.4 is 0 Å². The lowest BCUT2D eigenvalue weighted by molar-refractivity contribution is -0.124. The number of carbonyl (C=O) groups excluding carboxylic acids is 2. The molecule has 5 heteroatoms. The van der Waals surface area contributed by atoms with E-state index < -0.39 is 5.82 Å². The van der Waals surface area contributed by atoms with E-state index in [1.807, 2.05) is 13.8 Å². The minimum Gasteiger partial charge on any atom is -0.268 e. The van der Waals surface area contributed by atoms with Crippen molar-refractivity contribution < 1.29 is 14.0 Å². The van der Waals surface area contributed by atoms with Gasteiger partial charge in [0.1, 0.15) is 5.82 Å². The van der Waals surface area contributed by atoms with Gasteiger partial charge in [0, 0.05) is 11.6 Å².